The van der Waals surface area contributed by atoms with Gasteiger partial charge in [0.2, 0.25) is 0 Å². The molecule has 0 radical (unpaired) electrons. The van der Waals surface area contributed by atoms with Gasteiger partial charge in [-0.2, -0.15) is 0 Å². The van der Waals surface area contributed by atoms with Crippen LogP contribution in [0.15, 0.2) is 48.5 Å². The fourth-order valence-corrected chi connectivity index (χ4v) is 2.91. The fraction of sp³-hybridized carbons (Fsp3) is 0.278. The third-order valence-electron chi connectivity index (χ3n) is 4.10. The average Bonchev–Trinajstić information content (AvgIpc) is 2.85. The largest absolute Gasteiger partial charge is 0.390 e. The van der Waals surface area contributed by atoms with Crippen molar-refractivity contribution in [2.45, 2.75) is 25.0 Å². The van der Waals surface area contributed by atoms with Crippen LogP contribution in [-0.4, -0.2) is 23.8 Å². The van der Waals surface area contributed by atoms with E-state index in [1.807, 2.05) is 24.3 Å². The average molecular weight is 314 g/mol. The quantitative estimate of drug-likeness (QED) is 0.811. The highest BCUT2D eigenvalue weighted by molar-refractivity contribution is 5.74. The summed E-state index contributed by atoms with van der Waals surface area (Å²) in [6, 6.07) is 13.2. The van der Waals surface area contributed by atoms with E-state index in [0.29, 0.717) is 19.4 Å². The van der Waals surface area contributed by atoms with Crippen LogP contribution in [0.25, 0.3) is 0 Å². The SMILES string of the molecule is O=C(NCCc1ccc(F)cc1)NC1c2ccccc2CC1O. The fourth-order valence-electron chi connectivity index (χ4n) is 2.91. The van der Waals surface area contributed by atoms with Gasteiger partial charge in [-0.3, -0.25) is 0 Å². The van der Waals surface area contributed by atoms with Gasteiger partial charge in [-0.25, -0.2) is 9.18 Å². The highest BCUT2D eigenvalue weighted by atomic mass is 19.1. The third kappa shape index (κ3) is 3.68. The zero-order valence-corrected chi connectivity index (χ0v) is 12.6. The zero-order chi connectivity index (χ0) is 16.2. The van der Waals surface area contributed by atoms with Crippen molar-refractivity contribution in [2.75, 3.05) is 6.54 Å². The molecule has 120 valence electrons. The highest BCUT2D eigenvalue weighted by Crippen LogP contribution is 2.30. The lowest BCUT2D eigenvalue weighted by atomic mass is 10.1. The van der Waals surface area contributed by atoms with Gasteiger partial charge in [0.1, 0.15) is 5.82 Å². The number of fused-ring (bicyclic) bond motifs is 1. The number of nitrogens with one attached hydrogen (secondary N) is 2. The van der Waals surface area contributed by atoms with Crippen molar-refractivity contribution in [2.24, 2.45) is 0 Å². The predicted octanol–water partition coefficient (Wildman–Crippen LogP) is 2.33. The monoisotopic (exact) mass is 314 g/mol. The Labute approximate surface area is 134 Å². The minimum absolute atomic E-state index is 0.270. The van der Waals surface area contributed by atoms with Crippen molar-refractivity contribution < 1.29 is 14.3 Å². The molecule has 2 amide bonds. The first-order valence-electron chi connectivity index (χ1n) is 7.68. The van der Waals surface area contributed by atoms with Crippen molar-refractivity contribution in [1.29, 1.82) is 0 Å². The van der Waals surface area contributed by atoms with Gasteiger partial charge in [0.15, 0.2) is 0 Å². The minimum atomic E-state index is -0.602. The molecule has 2 aromatic rings. The van der Waals surface area contributed by atoms with Crippen LogP contribution in [0.4, 0.5) is 9.18 Å². The normalized spacial score (nSPS) is 19.2. The number of hydrogen-bond donors (Lipinski definition) is 3. The molecule has 1 aliphatic rings. The lowest BCUT2D eigenvalue weighted by molar-refractivity contribution is 0.142. The standard InChI is InChI=1S/C18H19FN2O2/c19-14-7-5-12(6-8-14)9-10-20-18(23)21-17-15-4-2-1-3-13(15)11-16(17)22/h1-8,16-17,22H,9-11H2,(H2,20,21,23). The van der Waals surface area contributed by atoms with Crippen LogP contribution >= 0.6 is 0 Å². The molecule has 0 spiro atoms. The van der Waals surface area contributed by atoms with E-state index in [4.69, 9.17) is 0 Å². The number of rotatable bonds is 4. The molecule has 4 nitrogen and oxygen atoms in total. The van der Waals surface area contributed by atoms with Crippen molar-refractivity contribution in [3.05, 3.63) is 71.0 Å². The molecular weight excluding hydrogens is 295 g/mol. The lowest BCUT2D eigenvalue weighted by Crippen LogP contribution is -2.41. The predicted molar refractivity (Wildman–Crippen MR) is 85.5 cm³/mol. The summed E-state index contributed by atoms with van der Waals surface area (Å²) in [7, 11) is 0. The summed E-state index contributed by atoms with van der Waals surface area (Å²) >= 11 is 0. The van der Waals surface area contributed by atoms with E-state index < -0.39 is 6.10 Å². The Morgan fingerprint density at radius 1 is 1.17 bits per heavy atom. The van der Waals surface area contributed by atoms with Gasteiger partial charge in [0.25, 0.3) is 0 Å². The van der Waals surface area contributed by atoms with Crippen molar-refractivity contribution >= 4 is 6.03 Å². The van der Waals surface area contributed by atoms with E-state index in [2.05, 4.69) is 10.6 Å². The molecule has 0 fully saturated rings. The molecule has 2 atom stereocenters. The van der Waals surface area contributed by atoms with Gasteiger partial charge >= 0.3 is 6.03 Å². The summed E-state index contributed by atoms with van der Waals surface area (Å²) in [5.74, 6) is -0.270. The van der Waals surface area contributed by atoms with Crippen LogP contribution in [0.5, 0.6) is 0 Å². The summed E-state index contributed by atoms with van der Waals surface area (Å²) in [6.07, 6.45) is 0.573. The van der Waals surface area contributed by atoms with Gasteiger partial charge in [-0.05, 0) is 35.2 Å². The van der Waals surface area contributed by atoms with E-state index in [1.165, 1.54) is 12.1 Å². The first kappa shape index (κ1) is 15.5. The summed E-state index contributed by atoms with van der Waals surface area (Å²) in [4.78, 5) is 12.0. The molecule has 0 aromatic heterocycles. The van der Waals surface area contributed by atoms with Gasteiger partial charge in [-0.1, -0.05) is 36.4 Å². The molecule has 2 aromatic carbocycles. The molecule has 0 saturated carbocycles. The van der Waals surface area contributed by atoms with Crippen LogP contribution < -0.4 is 10.6 Å². The van der Waals surface area contributed by atoms with Gasteiger partial charge in [0.05, 0.1) is 12.1 Å². The van der Waals surface area contributed by atoms with Crippen LogP contribution in [-0.2, 0) is 12.8 Å². The molecule has 0 saturated heterocycles. The Hall–Kier alpha value is -2.40. The third-order valence-corrected chi connectivity index (χ3v) is 4.10. The summed E-state index contributed by atoms with van der Waals surface area (Å²) < 4.78 is 12.8. The Kier molecular flexibility index (Phi) is 4.57. The lowest BCUT2D eigenvalue weighted by Gasteiger charge is -2.18. The van der Waals surface area contributed by atoms with Crippen LogP contribution in [0.3, 0.4) is 0 Å². The Balaban J connectivity index is 1.51. The van der Waals surface area contributed by atoms with Gasteiger partial charge < -0.3 is 15.7 Å². The number of carbonyl (C=O) groups is 1. The van der Waals surface area contributed by atoms with E-state index in [0.717, 1.165) is 16.7 Å². The second-order valence-electron chi connectivity index (χ2n) is 5.72. The molecule has 3 rings (SSSR count). The van der Waals surface area contributed by atoms with Crippen molar-refractivity contribution in [3.8, 4) is 0 Å². The highest BCUT2D eigenvalue weighted by Gasteiger charge is 2.31. The Morgan fingerprint density at radius 3 is 2.70 bits per heavy atom. The number of aliphatic hydroxyl groups excluding tert-OH is 1. The van der Waals surface area contributed by atoms with Crippen LogP contribution in [0, 0.1) is 5.82 Å². The minimum Gasteiger partial charge on any atom is -0.390 e. The Morgan fingerprint density at radius 2 is 1.91 bits per heavy atom. The molecule has 1 aliphatic carbocycles. The maximum Gasteiger partial charge on any atom is 0.315 e. The molecular formula is C18H19FN2O2. The molecule has 3 N–H and O–H groups in total. The van der Waals surface area contributed by atoms with Crippen molar-refractivity contribution in [3.63, 3.8) is 0 Å². The van der Waals surface area contributed by atoms with E-state index in [9.17, 15) is 14.3 Å². The topological polar surface area (TPSA) is 61.4 Å². The van der Waals surface area contributed by atoms with E-state index >= 15 is 0 Å². The maximum absolute atomic E-state index is 12.8. The summed E-state index contributed by atoms with van der Waals surface area (Å²) in [6.45, 7) is 0.446. The number of aliphatic hydroxyl groups is 1. The Bertz CT molecular complexity index is 688. The maximum atomic E-state index is 12.8. The zero-order valence-electron chi connectivity index (χ0n) is 12.6. The second-order valence-corrected chi connectivity index (χ2v) is 5.72. The molecule has 0 aliphatic heterocycles. The first-order valence-corrected chi connectivity index (χ1v) is 7.68. The molecule has 0 bridgehead atoms. The molecule has 23 heavy (non-hydrogen) atoms. The van der Waals surface area contributed by atoms with E-state index in [1.54, 1.807) is 12.1 Å². The van der Waals surface area contributed by atoms with Gasteiger partial charge in [0, 0.05) is 13.0 Å². The first-order chi connectivity index (χ1) is 11.1. The van der Waals surface area contributed by atoms with Gasteiger partial charge in [-0.15, -0.1) is 0 Å². The molecule has 2 unspecified atom stereocenters. The van der Waals surface area contributed by atoms with E-state index in [-0.39, 0.29) is 17.9 Å². The number of urea groups is 1. The number of amides is 2. The number of halogens is 1. The summed E-state index contributed by atoms with van der Waals surface area (Å²) in [5, 5.41) is 15.7. The molecule has 0 heterocycles. The van der Waals surface area contributed by atoms with Crippen molar-refractivity contribution in [1.82, 2.24) is 10.6 Å². The molecule has 5 heteroatoms. The smallest absolute Gasteiger partial charge is 0.315 e. The van der Waals surface area contributed by atoms with Crippen LogP contribution in [0.1, 0.15) is 22.7 Å². The number of hydrogen-bond acceptors (Lipinski definition) is 2. The summed E-state index contributed by atoms with van der Waals surface area (Å²) in [5.41, 5.74) is 2.99. The van der Waals surface area contributed by atoms with Crippen LogP contribution in [0.2, 0.25) is 0 Å². The number of carbonyl (C=O) groups excluding carboxylic acids is 1. The number of benzene rings is 2. The second kappa shape index (κ2) is 6.79.